The van der Waals surface area contributed by atoms with Crippen molar-refractivity contribution in [2.24, 2.45) is 0 Å². The predicted molar refractivity (Wildman–Crippen MR) is 91.7 cm³/mol. The maximum absolute atomic E-state index is 6.01. The summed E-state index contributed by atoms with van der Waals surface area (Å²) >= 11 is 6.01. The van der Waals surface area contributed by atoms with Crippen molar-refractivity contribution in [3.63, 3.8) is 0 Å². The minimum atomic E-state index is 0.599. The fraction of sp³-hybridized carbons (Fsp3) is 0.118. The third kappa shape index (κ3) is 2.83. The van der Waals surface area contributed by atoms with Crippen molar-refractivity contribution in [2.45, 2.75) is 6.42 Å². The van der Waals surface area contributed by atoms with Gasteiger partial charge >= 0.3 is 0 Å². The number of hydrogen-bond acceptors (Lipinski definition) is 5. The highest BCUT2D eigenvalue weighted by Gasteiger charge is 2.22. The Hall–Kier alpha value is -2.66. The molecule has 1 aromatic heterocycles. The highest BCUT2D eigenvalue weighted by Crippen LogP contribution is 2.32. The van der Waals surface area contributed by atoms with Crippen LogP contribution in [0.5, 0.6) is 0 Å². The summed E-state index contributed by atoms with van der Waals surface area (Å²) in [5, 5.41) is 12.1. The fourth-order valence-electron chi connectivity index (χ4n) is 2.73. The number of benzene rings is 2. The molecule has 0 bridgehead atoms. The van der Waals surface area contributed by atoms with Crippen LogP contribution in [0.3, 0.4) is 0 Å². The van der Waals surface area contributed by atoms with Crippen molar-refractivity contribution in [2.75, 3.05) is 16.8 Å². The van der Waals surface area contributed by atoms with Crippen LogP contribution < -0.4 is 10.2 Å². The Morgan fingerprint density at radius 1 is 1.09 bits per heavy atom. The van der Waals surface area contributed by atoms with Gasteiger partial charge in [0.05, 0.1) is 6.20 Å². The lowest BCUT2D eigenvalue weighted by molar-refractivity contribution is 0.887. The minimum absolute atomic E-state index is 0.599. The summed E-state index contributed by atoms with van der Waals surface area (Å²) in [6.07, 6.45) is 2.60. The van der Waals surface area contributed by atoms with Crippen molar-refractivity contribution >= 4 is 34.7 Å². The van der Waals surface area contributed by atoms with E-state index in [9.17, 15) is 0 Å². The molecular weight excluding hydrogens is 310 g/mol. The summed E-state index contributed by atoms with van der Waals surface area (Å²) in [6, 6.07) is 15.8. The summed E-state index contributed by atoms with van der Waals surface area (Å²) in [6.45, 7) is 0.863. The van der Waals surface area contributed by atoms with E-state index < -0.39 is 0 Å². The van der Waals surface area contributed by atoms with Crippen LogP contribution in [0.2, 0.25) is 5.02 Å². The van der Waals surface area contributed by atoms with Gasteiger partial charge in [-0.25, -0.2) is 0 Å². The van der Waals surface area contributed by atoms with Crippen LogP contribution >= 0.6 is 11.6 Å². The van der Waals surface area contributed by atoms with Crippen molar-refractivity contribution < 1.29 is 0 Å². The standard InChI is InChI=1S/C17H14ClN5/c18-13-5-3-6-14(10-13)20-16-11-19-22-17(21-16)23-9-8-12-4-1-2-7-15(12)23/h1-7,10-11H,8-9H2,(H,20,21,22). The van der Waals surface area contributed by atoms with Gasteiger partial charge in [0.15, 0.2) is 5.82 Å². The van der Waals surface area contributed by atoms with Crippen LogP contribution in [0.25, 0.3) is 0 Å². The topological polar surface area (TPSA) is 53.9 Å². The number of rotatable bonds is 3. The van der Waals surface area contributed by atoms with Gasteiger partial charge in [0.2, 0.25) is 0 Å². The maximum atomic E-state index is 6.01. The van der Waals surface area contributed by atoms with Gasteiger partial charge in [-0.05, 0) is 36.2 Å². The normalized spacial score (nSPS) is 13.0. The molecular formula is C17H14ClN5. The van der Waals surface area contributed by atoms with E-state index in [0.717, 1.165) is 24.3 Å². The number of nitrogens with one attached hydrogen (secondary N) is 1. The Kier molecular flexibility index (Phi) is 3.55. The molecule has 5 nitrogen and oxygen atoms in total. The van der Waals surface area contributed by atoms with Gasteiger partial charge < -0.3 is 10.2 Å². The first kappa shape index (κ1) is 14.0. The second-order valence-electron chi connectivity index (χ2n) is 5.31. The average molecular weight is 324 g/mol. The Morgan fingerprint density at radius 3 is 2.91 bits per heavy atom. The number of anilines is 4. The third-order valence-electron chi connectivity index (χ3n) is 3.77. The fourth-order valence-corrected chi connectivity index (χ4v) is 2.92. The van der Waals surface area contributed by atoms with E-state index in [0.29, 0.717) is 16.8 Å². The van der Waals surface area contributed by atoms with Gasteiger partial charge in [0.1, 0.15) is 0 Å². The molecule has 0 spiro atoms. The lowest BCUT2D eigenvalue weighted by atomic mass is 10.2. The number of aromatic nitrogens is 3. The molecule has 1 N–H and O–H groups in total. The molecule has 0 saturated carbocycles. The van der Waals surface area contributed by atoms with E-state index in [2.05, 4.69) is 43.6 Å². The minimum Gasteiger partial charge on any atom is -0.339 e. The van der Waals surface area contributed by atoms with Gasteiger partial charge in [-0.2, -0.15) is 10.1 Å². The van der Waals surface area contributed by atoms with E-state index in [1.54, 1.807) is 6.20 Å². The largest absolute Gasteiger partial charge is 0.339 e. The first-order valence-electron chi connectivity index (χ1n) is 7.37. The summed E-state index contributed by atoms with van der Waals surface area (Å²) in [5.74, 6) is 1.24. The summed E-state index contributed by atoms with van der Waals surface area (Å²) in [5.41, 5.74) is 3.32. The number of hydrogen-bond donors (Lipinski definition) is 1. The molecule has 114 valence electrons. The number of fused-ring (bicyclic) bond motifs is 1. The van der Waals surface area contributed by atoms with Crippen molar-refractivity contribution in [1.29, 1.82) is 0 Å². The highest BCUT2D eigenvalue weighted by molar-refractivity contribution is 6.30. The van der Waals surface area contributed by atoms with E-state index in [1.165, 1.54) is 5.56 Å². The zero-order chi connectivity index (χ0) is 15.6. The maximum Gasteiger partial charge on any atom is 0.251 e. The molecule has 4 rings (SSSR count). The Labute approximate surface area is 139 Å². The first-order valence-corrected chi connectivity index (χ1v) is 7.75. The van der Waals surface area contributed by atoms with Gasteiger partial charge in [-0.1, -0.05) is 35.9 Å². The second-order valence-corrected chi connectivity index (χ2v) is 5.74. The van der Waals surface area contributed by atoms with E-state index in [4.69, 9.17) is 11.6 Å². The smallest absolute Gasteiger partial charge is 0.251 e. The second kappa shape index (κ2) is 5.85. The lowest BCUT2D eigenvalue weighted by Crippen LogP contribution is -2.17. The lowest BCUT2D eigenvalue weighted by Gasteiger charge is -2.17. The molecule has 0 radical (unpaired) electrons. The first-order chi connectivity index (χ1) is 11.3. The monoisotopic (exact) mass is 323 g/mol. The van der Waals surface area contributed by atoms with Crippen LogP contribution in [-0.2, 0) is 6.42 Å². The van der Waals surface area contributed by atoms with E-state index in [-0.39, 0.29) is 0 Å². The van der Waals surface area contributed by atoms with Gasteiger partial charge in [0, 0.05) is 22.9 Å². The molecule has 23 heavy (non-hydrogen) atoms. The Balaban J connectivity index is 1.62. The average Bonchev–Trinajstić information content (AvgIpc) is 2.99. The number of halogens is 1. The molecule has 0 atom stereocenters. The molecule has 0 aliphatic carbocycles. The number of para-hydroxylation sites is 1. The molecule has 1 aliphatic rings. The molecule has 0 amide bonds. The molecule has 0 saturated heterocycles. The van der Waals surface area contributed by atoms with Gasteiger partial charge in [-0.3, -0.25) is 0 Å². The predicted octanol–water partition coefficient (Wildman–Crippen LogP) is 3.96. The SMILES string of the molecule is Clc1cccc(Nc2cnnc(N3CCc4ccccc43)n2)c1. The molecule has 2 heterocycles. The quantitative estimate of drug-likeness (QED) is 0.790. The number of nitrogens with zero attached hydrogens (tertiary/aromatic N) is 4. The third-order valence-corrected chi connectivity index (χ3v) is 4.01. The van der Waals surface area contributed by atoms with Crippen molar-refractivity contribution in [3.05, 3.63) is 65.3 Å². The zero-order valence-electron chi connectivity index (χ0n) is 12.3. The summed E-state index contributed by atoms with van der Waals surface area (Å²) < 4.78 is 0. The molecule has 3 aromatic rings. The van der Waals surface area contributed by atoms with Crippen LogP contribution in [0, 0.1) is 0 Å². The van der Waals surface area contributed by atoms with Crippen LogP contribution in [0.4, 0.5) is 23.1 Å². The van der Waals surface area contributed by atoms with E-state index >= 15 is 0 Å². The molecule has 0 fully saturated rings. The zero-order valence-corrected chi connectivity index (χ0v) is 13.0. The van der Waals surface area contributed by atoms with Crippen molar-refractivity contribution in [1.82, 2.24) is 15.2 Å². The summed E-state index contributed by atoms with van der Waals surface area (Å²) in [4.78, 5) is 6.67. The van der Waals surface area contributed by atoms with Crippen LogP contribution in [0.15, 0.2) is 54.7 Å². The van der Waals surface area contributed by atoms with Crippen LogP contribution in [-0.4, -0.2) is 21.7 Å². The Bertz CT molecular complexity index is 852. The molecule has 6 heteroatoms. The molecule has 1 aliphatic heterocycles. The van der Waals surface area contributed by atoms with Gasteiger partial charge in [-0.15, -0.1) is 5.10 Å². The van der Waals surface area contributed by atoms with Crippen molar-refractivity contribution in [3.8, 4) is 0 Å². The molecule has 0 unspecified atom stereocenters. The molecule has 2 aromatic carbocycles. The van der Waals surface area contributed by atoms with Gasteiger partial charge in [0.25, 0.3) is 5.95 Å². The summed E-state index contributed by atoms with van der Waals surface area (Å²) in [7, 11) is 0. The van der Waals surface area contributed by atoms with E-state index in [1.807, 2.05) is 30.3 Å². The van der Waals surface area contributed by atoms with Crippen LogP contribution in [0.1, 0.15) is 5.56 Å². The highest BCUT2D eigenvalue weighted by atomic mass is 35.5. The Morgan fingerprint density at radius 2 is 2.00 bits per heavy atom.